The molecule has 1 N–H and O–H groups in total. The number of benzene rings is 3. The highest BCUT2D eigenvalue weighted by Crippen LogP contribution is 2.44. The fourth-order valence-corrected chi connectivity index (χ4v) is 5.58. The molecule has 3 aromatic carbocycles. The Morgan fingerprint density at radius 1 is 0.971 bits per heavy atom. The molecule has 1 aliphatic heterocycles. The second-order valence-electron chi connectivity index (χ2n) is 9.34. The highest BCUT2D eigenvalue weighted by molar-refractivity contribution is 5.86. The molecule has 4 aromatic rings. The third kappa shape index (κ3) is 3.62. The zero-order chi connectivity index (χ0) is 24.3. The van der Waals surface area contributed by atoms with Crippen molar-refractivity contribution in [2.24, 2.45) is 5.92 Å². The van der Waals surface area contributed by atoms with Crippen molar-refractivity contribution in [1.29, 1.82) is 0 Å². The van der Waals surface area contributed by atoms with Crippen molar-refractivity contribution in [2.75, 3.05) is 13.1 Å². The molecule has 2 aliphatic rings. The number of hydrogen-bond donors (Lipinski definition) is 1. The van der Waals surface area contributed by atoms with Crippen molar-refractivity contribution < 1.29 is 27.5 Å². The minimum absolute atomic E-state index is 0.0420. The van der Waals surface area contributed by atoms with Gasteiger partial charge in [0.25, 0.3) is 0 Å². The minimum Gasteiger partial charge on any atom is -0.481 e. The summed E-state index contributed by atoms with van der Waals surface area (Å²) < 4.78 is 50.5. The lowest BCUT2D eigenvalue weighted by molar-refractivity contribution is -0.141. The van der Waals surface area contributed by atoms with Crippen LogP contribution in [0.25, 0.3) is 33.4 Å². The predicted octanol–water partition coefficient (Wildman–Crippen LogP) is 6.58. The molecule has 2 atom stereocenters. The number of furan rings is 1. The molecule has 0 radical (unpaired) electrons. The number of aliphatic carboxylic acids is 1. The molecule has 1 fully saturated rings. The quantitative estimate of drug-likeness (QED) is 0.361. The number of rotatable bonds is 4. The molecule has 0 bridgehead atoms. The molecule has 2 unspecified atom stereocenters. The van der Waals surface area contributed by atoms with Crippen molar-refractivity contribution >= 4 is 16.9 Å². The molecule has 0 amide bonds. The van der Waals surface area contributed by atoms with Gasteiger partial charge in [0.05, 0.1) is 11.5 Å². The minimum atomic E-state index is -0.797. The molecule has 7 heteroatoms. The van der Waals surface area contributed by atoms with E-state index in [1.54, 1.807) is 30.3 Å². The summed E-state index contributed by atoms with van der Waals surface area (Å²) in [7, 11) is 0. The standard InChI is InChI=1S/C28H22F3NO3/c29-18-4-1-3-15(11-18)19-5-2-6-21(25(19)30)24-13-17-12-22-20(26(31)27(17)35-24)7-8-23(22)32-10-9-16(14-32)28(33)34/h1-6,11-13,16,23H,7-10,14H2,(H,33,34). The Kier molecular flexibility index (Phi) is 5.18. The maximum atomic E-state index is 15.5. The van der Waals surface area contributed by atoms with Gasteiger partial charge >= 0.3 is 5.97 Å². The predicted molar refractivity (Wildman–Crippen MR) is 125 cm³/mol. The Balaban J connectivity index is 1.39. The van der Waals surface area contributed by atoms with Crippen LogP contribution in [0.1, 0.15) is 30.0 Å². The lowest BCUT2D eigenvalue weighted by atomic mass is 10.0. The summed E-state index contributed by atoms with van der Waals surface area (Å²) in [4.78, 5) is 13.5. The van der Waals surface area contributed by atoms with Gasteiger partial charge in [-0.25, -0.2) is 13.2 Å². The van der Waals surface area contributed by atoms with Gasteiger partial charge in [-0.1, -0.05) is 24.3 Å². The fraction of sp³-hybridized carbons (Fsp3) is 0.250. The molecule has 1 saturated heterocycles. The van der Waals surface area contributed by atoms with E-state index in [4.69, 9.17) is 4.42 Å². The molecule has 4 nitrogen and oxygen atoms in total. The molecule has 6 rings (SSSR count). The van der Waals surface area contributed by atoms with Crippen LogP contribution in [0.15, 0.2) is 59.0 Å². The largest absolute Gasteiger partial charge is 0.481 e. The van der Waals surface area contributed by atoms with Gasteiger partial charge in [-0.3, -0.25) is 9.69 Å². The summed E-state index contributed by atoms with van der Waals surface area (Å²) in [6.07, 6.45) is 1.85. The van der Waals surface area contributed by atoms with E-state index in [1.807, 2.05) is 6.07 Å². The molecule has 2 heterocycles. The Morgan fingerprint density at radius 3 is 2.54 bits per heavy atom. The van der Waals surface area contributed by atoms with E-state index in [-0.39, 0.29) is 28.5 Å². The number of hydrogen-bond acceptors (Lipinski definition) is 3. The first-order valence-corrected chi connectivity index (χ1v) is 11.7. The number of carboxylic acids is 1. The van der Waals surface area contributed by atoms with Gasteiger partial charge in [-0.2, -0.15) is 0 Å². The van der Waals surface area contributed by atoms with Gasteiger partial charge in [0.2, 0.25) is 0 Å². The summed E-state index contributed by atoms with van der Waals surface area (Å²) in [5.74, 6) is -2.48. The molecular formula is C28H22F3NO3. The average Bonchev–Trinajstić information content (AvgIpc) is 3.57. The van der Waals surface area contributed by atoms with Crippen LogP contribution in [0, 0.1) is 23.4 Å². The Labute approximate surface area is 199 Å². The Bertz CT molecular complexity index is 1480. The maximum Gasteiger partial charge on any atom is 0.307 e. The van der Waals surface area contributed by atoms with Crippen molar-refractivity contribution in [3.05, 3.63) is 83.2 Å². The van der Waals surface area contributed by atoms with Gasteiger partial charge in [-0.05, 0) is 72.8 Å². The second-order valence-corrected chi connectivity index (χ2v) is 9.34. The van der Waals surface area contributed by atoms with E-state index in [1.165, 1.54) is 18.2 Å². The van der Waals surface area contributed by atoms with Crippen LogP contribution >= 0.6 is 0 Å². The van der Waals surface area contributed by atoms with Crippen LogP contribution in [-0.2, 0) is 11.2 Å². The lowest BCUT2D eigenvalue weighted by Gasteiger charge is -2.24. The number of nitrogens with zero attached hydrogens (tertiary/aromatic N) is 1. The smallest absolute Gasteiger partial charge is 0.307 e. The van der Waals surface area contributed by atoms with Crippen molar-refractivity contribution in [2.45, 2.75) is 25.3 Å². The molecule has 1 aliphatic carbocycles. The zero-order valence-corrected chi connectivity index (χ0v) is 18.7. The summed E-state index contributed by atoms with van der Waals surface area (Å²) >= 11 is 0. The first-order chi connectivity index (χ1) is 16.9. The molecule has 0 spiro atoms. The zero-order valence-electron chi connectivity index (χ0n) is 18.7. The monoisotopic (exact) mass is 477 g/mol. The van der Waals surface area contributed by atoms with E-state index >= 15 is 8.78 Å². The van der Waals surface area contributed by atoms with Crippen molar-refractivity contribution in [3.8, 4) is 22.5 Å². The molecule has 1 aromatic heterocycles. The third-order valence-electron chi connectivity index (χ3n) is 7.32. The van der Waals surface area contributed by atoms with Crippen LogP contribution in [0.4, 0.5) is 13.2 Å². The van der Waals surface area contributed by atoms with Crippen LogP contribution in [0.2, 0.25) is 0 Å². The van der Waals surface area contributed by atoms with E-state index in [0.717, 1.165) is 12.0 Å². The highest BCUT2D eigenvalue weighted by atomic mass is 19.1. The van der Waals surface area contributed by atoms with Gasteiger partial charge in [0, 0.05) is 23.5 Å². The first kappa shape index (κ1) is 21.9. The summed E-state index contributed by atoms with van der Waals surface area (Å²) in [5.41, 5.74) is 2.31. The maximum absolute atomic E-state index is 15.5. The fourth-order valence-electron chi connectivity index (χ4n) is 5.58. The summed E-state index contributed by atoms with van der Waals surface area (Å²) in [6, 6.07) is 14.0. The van der Waals surface area contributed by atoms with Gasteiger partial charge in [0.15, 0.2) is 11.4 Å². The highest BCUT2D eigenvalue weighted by Gasteiger charge is 2.37. The van der Waals surface area contributed by atoms with Crippen molar-refractivity contribution in [1.82, 2.24) is 4.90 Å². The Morgan fingerprint density at radius 2 is 1.77 bits per heavy atom. The van der Waals surface area contributed by atoms with Gasteiger partial charge < -0.3 is 9.52 Å². The van der Waals surface area contributed by atoms with Crippen LogP contribution in [0.3, 0.4) is 0 Å². The first-order valence-electron chi connectivity index (χ1n) is 11.7. The number of halogens is 3. The molecule has 178 valence electrons. The summed E-state index contributed by atoms with van der Waals surface area (Å²) in [6.45, 7) is 1.11. The number of likely N-dealkylation sites (tertiary alicyclic amines) is 1. The lowest BCUT2D eigenvalue weighted by Crippen LogP contribution is -2.26. The second kappa shape index (κ2) is 8.27. The van der Waals surface area contributed by atoms with E-state index in [0.29, 0.717) is 42.4 Å². The van der Waals surface area contributed by atoms with Crippen LogP contribution < -0.4 is 0 Å². The molecule has 35 heavy (non-hydrogen) atoms. The average molecular weight is 477 g/mol. The van der Waals surface area contributed by atoms with Crippen LogP contribution in [0.5, 0.6) is 0 Å². The van der Waals surface area contributed by atoms with Gasteiger partial charge in [-0.15, -0.1) is 0 Å². The molecular weight excluding hydrogens is 455 g/mol. The normalized spacial score (nSPS) is 20.0. The van der Waals surface area contributed by atoms with E-state index < -0.39 is 29.3 Å². The number of carboxylic acid groups (broad SMARTS) is 1. The van der Waals surface area contributed by atoms with Gasteiger partial charge in [0.1, 0.15) is 17.4 Å². The van der Waals surface area contributed by atoms with Crippen LogP contribution in [-0.4, -0.2) is 29.1 Å². The third-order valence-corrected chi connectivity index (χ3v) is 7.32. The molecule has 0 saturated carbocycles. The van der Waals surface area contributed by atoms with E-state index in [2.05, 4.69) is 4.90 Å². The Hall–Kier alpha value is -3.58. The number of fused-ring (bicyclic) bond motifs is 2. The van der Waals surface area contributed by atoms with E-state index in [9.17, 15) is 14.3 Å². The topological polar surface area (TPSA) is 53.7 Å². The SMILES string of the molecule is O=C(O)C1CCN(C2CCc3c2cc2cc(-c4cccc(-c5cccc(F)c5)c4F)oc2c3F)C1. The van der Waals surface area contributed by atoms with Crippen molar-refractivity contribution in [3.63, 3.8) is 0 Å². The summed E-state index contributed by atoms with van der Waals surface area (Å²) in [5, 5.41) is 9.88. The number of carbonyl (C=O) groups is 1.